The summed E-state index contributed by atoms with van der Waals surface area (Å²) < 4.78 is 6.42. The zero-order chi connectivity index (χ0) is 15.1. The SMILES string of the molecule is CC(C)(C)[Si](C)(C)OC1CC(c2ccc(Cl)c(Cl)c2)C1. The Hall–Kier alpha value is -0.0231. The molecule has 0 amide bonds. The maximum absolute atomic E-state index is 6.42. The Morgan fingerprint density at radius 1 is 1.10 bits per heavy atom. The second-order valence-electron chi connectivity index (χ2n) is 7.34. The van der Waals surface area contributed by atoms with Crippen LogP contribution >= 0.6 is 23.2 Å². The van der Waals surface area contributed by atoms with E-state index in [0.29, 0.717) is 22.1 Å². The zero-order valence-electron chi connectivity index (χ0n) is 13.0. The molecular weight excluding hydrogens is 307 g/mol. The van der Waals surface area contributed by atoms with Gasteiger partial charge in [0.15, 0.2) is 8.32 Å². The van der Waals surface area contributed by atoms with Gasteiger partial charge < -0.3 is 4.43 Å². The first kappa shape index (κ1) is 16.3. The molecule has 0 radical (unpaired) electrons. The fourth-order valence-corrected chi connectivity index (χ4v) is 3.98. The first-order valence-corrected chi connectivity index (χ1v) is 10.9. The van der Waals surface area contributed by atoms with Crippen LogP contribution in [-0.4, -0.2) is 14.4 Å². The minimum Gasteiger partial charge on any atom is -0.414 e. The highest BCUT2D eigenvalue weighted by Gasteiger charge is 2.42. The zero-order valence-corrected chi connectivity index (χ0v) is 15.5. The molecule has 20 heavy (non-hydrogen) atoms. The number of rotatable bonds is 3. The third kappa shape index (κ3) is 3.41. The summed E-state index contributed by atoms with van der Waals surface area (Å²) in [7, 11) is -1.64. The molecule has 1 aromatic carbocycles. The standard InChI is InChI=1S/C16H24Cl2OSi/c1-16(2,3)20(4,5)19-13-8-12(9-13)11-6-7-14(17)15(18)10-11/h6-7,10,12-13H,8-9H2,1-5H3. The molecule has 0 N–H and O–H groups in total. The van der Waals surface area contributed by atoms with Crippen molar-refractivity contribution in [1.82, 2.24) is 0 Å². The lowest BCUT2D eigenvalue weighted by molar-refractivity contribution is 0.0841. The number of hydrogen-bond acceptors (Lipinski definition) is 1. The summed E-state index contributed by atoms with van der Waals surface area (Å²) in [6.45, 7) is 11.5. The van der Waals surface area contributed by atoms with Crippen LogP contribution in [-0.2, 0) is 4.43 Å². The summed E-state index contributed by atoms with van der Waals surface area (Å²) in [4.78, 5) is 0. The molecule has 0 heterocycles. The molecule has 0 aromatic heterocycles. The van der Waals surface area contributed by atoms with Gasteiger partial charge in [0.05, 0.1) is 10.0 Å². The number of halogens is 2. The monoisotopic (exact) mass is 330 g/mol. The lowest BCUT2D eigenvalue weighted by atomic mass is 9.78. The van der Waals surface area contributed by atoms with Crippen molar-refractivity contribution in [3.8, 4) is 0 Å². The van der Waals surface area contributed by atoms with Crippen LogP contribution in [0.1, 0.15) is 45.1 Å². The van der Waals surface area contributed by atoms with E-state index < -0.39 is 8.32 Å². The molecule has 1 aromatic rings. The molecule has 1 nitrogen and oxygen atoms in total. The molecule has 0 spiro atoms. The molecule has 0 aliphatic heterocycles. The molecule has 0 unspecified atom stereocenters. The fourth-order valence-electron chi connectivity index (χ4n) is 2.29. The largest absolute Gasteiger partial charge is 0.414 e. The van der Waals surface area contributed by atoms with E-state index in [1.54, 1.807) is 0 Å². The highest BCUT2D eigenvalue weighted by Crippen LogP contribution is 2.45. The van der Waals surface area contributed by atoms with Crippen molar-refractivity contribution >= 4 is 31.5 Å². The Balaban J connectivity index is 1.93. The molecule has 0 bridgehead atoms. The summed E-state index contributed by atoms with van der Waals surface area (Å²) >= 11 is 12.0. The van der Waals surface area contributed by atoms with Gasteiger partial charge in [-0.1, -0.05) is 50.0 Å². The smallest absolute Gasteiger partial charge is 0.192 e. The van der Waals surface area contributed by atoms with Gasteiger partial charge in [0.25, 0.3) is 0 Å². The van der Waals surface area contributed by atoms with Gasteiger partial charge in [-0.25, -0.2) is 0 Å². The van der Waals surface area contributed by atoms with Crippen LogP contribution in [0, 0.1) is 0 Å². The van der Waals surface area contributed by atoms with Crippen molar-refractivity contribution in [2.45, 2.75) is 63.8 Å². The van der Waals surface area contributed by atoms with Crippen molar-refractivity contribution in [1.29, 1.82) is 0 Å². The van der Waals surface area contributed by atoms with Crippen LogP contribution in [0.25, 0.3) is 0 Å². The Kier molecular flexibility index (Phi) is 4.61. The van der Waals surface area contributed by atoms with Gasteiger partial charge in [-0.2, -0.15) is 0 Å². The van der Waals surface area contributed by atoms with E-state index in [1.165, 1.54) is 5.56 Å². The average Bonchev–Trinajstić information content (AvgIpc) is 2.25. The van der Waals surface area contributed by atoms with E-state index in [4.69, 9.17) is 27.6 Å². The van der Waals surface area contributed by atoms with Gasteiger partial charge in [-0.05, 0) is 54.6 Å². The van der Waals surface area contributed by atoms with Gasteiger partial charge in [0, 0.05) is 6.10 Å². The maximum atomic E-state index is 6.42. The van der Waals surface area contributed by atoms with Gasteiger partial charge >= 0.3 is 0 Å². The quantitative estimate of drug-likeness (QED) is 0.594. The fraction of sp³-hybridized carbons (Fsp3) is 0.625. The van der Waals surface area contributed by atoms with Crippen LogP contribution in [0.15, 0.2) is 18.2 Å². The maximum Gasteiger partial charge on any atom is 0.192 e. The predicted octanol–water partition coefficient (Wildman–Crippen LogP) is 6.26. The van der Waals surface area contributed by atoms with E-state index in [0.717, 1.165) is 12.8 Å². The highest BCUT2D eigenvalue weighted by atomic mass is 35.5. The second-order valence-corrected chi connectivity index (χ2v) is 12.9. The van der Waals surface area contributed by atoms with Gasteiger partial charge in [0.1, 0.15) is 0 Å². The molecular formula is C16H24Cl2OSi. The van der Waals surface area contributed by atoms with Crippen molar-refractivity contribution < 1.29 is 4.43 Å². The third-order valence-corrected chi connectivity index (χ3v) is 10.1. The summed E-state index contributed by atoms with van der Waals surface area (Å²) in [5.41, 5.74) is 1.29. The molecule has 1 fully saturated rings. The Labute approximate surface area is 133 Å². The van der Waals surface area contributed by atoms with Crippen LogP contribution in [0.3, 0.4) is 0 Å². The Morgan fingerprint density at radius 3 is 2.20 bits per heavy atom. The summed E-state index contributed by atoms with van der Waals surface area (Å²) in [6, 6.07) is 5.97. The van der Waals surface area contributed by atoms with E-state index >= 15 is 0 Å². The van der Waals surface area contributed by atoms with E-state index in [9.17, 15) is 0 Å². The van der Waals surface area contributed by atoms with Crippen LogP contribution in [0.5, 0.6) is 0 Å². The minimum absolute atomic E-state index is 0.279. The third-order valence-electron chi connectivity index (χ3n) is 4.78. The Morgan fingerprint density at radius 2 is 1.70 bits per heavy atom. The molecule has 4 heteroatoms. The van der Waals surface area contributed by atoms with E-state index in [1.807, 2.05) is 12.1 Å². The molecule has 0 atom stereocenters. The summed E-state index contributed by atoms with van der Waals surface area (Å²) in [5, 5.41) is 1.56. The molecule has 1 aliphatic rings. The van der Waals surface area contributed by atoms with Crippen molar-refractivity contribution in [2.75, 3.05) is 0 Å². The first-order chi connectivity index (χ1) is 9.10. The highest BCUT2D eigenvalue weighted by molar-refractivity contribution is 6.74. The lowest BCUT2D eigenvalue weighted by Crippen LogP contribution is -2.47. The number of hydrogen-bond donors (Lipinski definition) is 0. The van der Waals surface area contributed by atoms with Crippen LogP contribution in [0.2, 0.25) is 28.2 Å². The molecule has 2 rings (SSSR count). The normalized spacial score (nSPS) is 23.6. The molecule has 1 saturated carbocycles. The Bertz CT molecular complexity index is 488. The first-order valence-electron chi connectivity index (χ1n) is 7.23. The van der Waals surface area contributed by atoms with E-state index in [-0.39, 0.29) is 5.04 Å². The topological polar surface area (TPSA) is 9.23 Å². The molecule has 1 aliphatic carbocycles. The molecule has 0 saturated heterocycles. The average molecular weight is 331 g/mol. The van der Waals surface area contributed by atoms with Gasteiger partial charge in [-0.3, -0.25) is 0 Å². The van der Waals surface area contributed by atoms with Crippen molar-refractivity contribution in [3.05, 3.63) is 33.8 Å². The van der Waals surface area contributed by atoms with Gasteiger partial charge in [-0.15, -0.1) is 0 Å². The predicted molar refractivity (Wildman–Crippen MR) is 90.5 cm³/mol. The van der Waals surface area contributed by atoms with Gasteiger partial charge in [0.2, 0.25) is 0 Å². The summed E-state index contributed by atoms with van der Waals surface area (Å²) in [6.07, 6.45) is 2.62. The summed E-state index contributed by atoms with van der Waals surface area (Å²) in [5.74, 6) is 0.569. The minimum atomic E-state index is -1.64. The van der Waals surface area contributed by atoms with Crippen molar-refractivity contribution in [3.63, 3.8) is 0 Å². The van der Waals surface area contributed by atoms with Crippen molar-refractivity contribution in [2.24, 2.45) is 0 Å². The van der Waals surface area contributed by atoms with E-state index in [2.05, 4.69) is 39.9 Å². The van der Waals surface area contributed by atoms with Crippen LogP contribution < -0.4 is 0 Å². The number of benzene rings is 1. The second kappa shape index (κ2) is 5.64. The molecule has 112 valence electrons. The lowest BCUT2D eigenvalue weighted by Gasteiger charge is -2.45. The van der Waals surface area contributed by atoms with Crippen LogP contribution in [0.4, 0.5) is 0 Å².